The van der Waals surface area contributed by atoms with Gasteiger partial charge in [-0.2, -0.15) is 0 Å². The Morgan fingerprint density at radius 2 is 2.17 bits per heavy atom. The van der Waals surface area contributed by atoms with E-state index in [1.165, 1.54) is 11.8 Å². The summed E-state index contributed by atoms with van der Waals surface area (Å²) in [4.78, 5) is 26.9. The molecule has 0 radical (unpaired) electrons. The van der Waals surface area contributed by atoms with Gasteiger partial charge in [-0.1, -0.05) is 18.7 Å². The van der Waals surface area contributed by atoms with Gasteiger partial charge in [-0.15, -0.1) is 0 Å². The molecule has 6 heteroatoms. The van der Waals surface area contributed by atoms with Gasteiger partial charge in [-0.25, -0.2) is 4.98 Å². The van der Waals surface area contributed by atoms with Crippen molar-refractivity contribution >= 4 is 17.7 Å². The van der Waals surface area contributed by atoms with Crippen LogP contribution in [-0.4, -0.2) is 26.4 Å². The minimum Gasteiger partial charge on any atom is -0.481 e. The van der Waals surface area contributed by atoms with Gasteiger partial charge >= 0.3 is 5.97 Å². The highest BCUT2D eigenvalue weighted by atomic mass is 32.2. The van der Waals surface area contributed by atoms with Crippen LogP contribution in [0.15, 0.2) is 22.2 Å². The van der Waals surface area contributed by atoms with E-state index in [1.807, 2.05) is 20.8 Å². The zero-order chi connectivity index (χ0) is 13.9. The molecule has 5 nitrogen and oxygen atoms in total. The van der Waals surface area contributed by atoms with E-state index < -0.39 is 11.9 Å². The van der Waals surface area contributed by atoms with E-state index >= 15 is 0 Å². The maximum Gasteiger partial charge on any atom is 0.307 e. The van der Waals surface area contributed by atoms with Crippen LogP contribution < -0.4 is 5.56 Å². The van der Waals surface area contributed by atoms with Crippen LogP contribution in [0.5, 0.6) is 0 Å². The van der Waals surface area contributed by atoms with Crippen LogP contribution in [0.4, 0.5) is 0 Å². The lowest BCUT2D eigenvalue weighted by Gasteiger charge is -2.22. The summed E-state index contributed by atoms with van der Waals surface area (Å²) in [6, 6.07) is 0. The molecule has 0 aromatic carbocycles. The molecule has 100 valence electrons. The molecular formula is C12H18N2O3S. The van der Waals surface area contributed by atoms with Gasteiger partial charge in [0, 0.05) is 23.7 Å². The van der Waals surface area contributed by atoms with Crippen molar-refractivity contribution in [2.75, 3.05) is 5.75 Å². The summed E-state index contributed by atoms with van der Waals surface area (Å²) in [5.74, 6) is -1.03. The zero-order valence-corrected chi connectivity index (χ0v) is 11.8. The molecule has 0 saturated heterocycles. The zero-order valence-electron chi connectivity index (χ0n) is 11.0. The monoisotopic (exact) mass is 270 g/mol. The third-order valence-corrected chi connectivity index (χ3v) is 3.64. The Labute approximate surface area is 110 Å². The molecule has 0 saturated carbocycles. The molecule has 1 aromatic heterocycles. The molecule has 0 aliphatic rings. The van der Waals surface area contributed by atoms with Crippen LogP contribution in [0, 0.1) is 5.92 Å². The maximum absolute atomic E-state index is 12.1. The van der Waals surface area contributed by atoms with Crippen LogP contribution in [-0.2, 0) is 10.3 Å². The standard InChI is InChI=1S/C12H18N2O3S/c1-8(11(16)17)7-18-9-10(15)14(6-5-13-9)12(2,3)4/h5-6,8H,7H2,1-4H3,(H,16,17). The molecule has 1 rings (SSSR count). The Balaban J connectivity index is 2.92. The lowest BCUT2D eigenvalue weighted by molar-refractivity contribution is -0.140. The molecule has 1 heterocycles. The molecule has 1 atom stereocenters. The first kappa shape index (κ1) is 14.8. The molecule has 1 aromatic rings. The van der Waals surface area contributed by atoms with E-state index in [-0.39, 0.29) is 11.1 Å². The van der Waals surface area contributed by atoms with Crippen LogP contribution in [0.2, 0.25) is 0 Å². The average molecular weight is 270 g/mol. The van der Waals surface area contributed by atoms with Gasteiger partial charge in [-0.3, -0.25) is 9.59 Å². The van der Waals surface area contributed by atoms with Gasteiger partial charge in [0.05, 0.1) is 5.92 Å². The minimum atomic E-state index is -0.866. The van der Waals surface area contributed by atoms with Crippen molar-refractivity contribution in [1.29, 1.82) is 0 Å². The van der Waals surface area contributed by atoms with Gasteiger partial charge in [0.2, 0.25) is 0 Å². The summed E-state index contributed by atoms with van der Waals surface area (Å²) in [5, 5.41) is 9.14. The van der Waals surface area contributed by atoms with Gasteiger partial charge < -0.3 is 9.67 Å². The lowest BCUT2D eigenvalue weighted by atomic mass is 10.1. The Morgan fingerprint density at radius 3 is 2.67 bits per heavy atom. The second-order valence-electron chi connectivity index (χ2n) is 5.13. The van der Waals surface area contributed by atoms with E-state index in [1.54, 1.807) is 23.9 Å². The van der Waals surface area contributed by atoms with E-state index in [0.717, 1.165) is 0 Å². The quantitative estimate of drug-likeness (QED) is 0.845. The molecule has 0 amide bonds. The van der Waals surface area contributed by atoms with Crippen molar-refractivity contribution < 1.29 is 9.90 Å². The third-order valence-electron chi connectivity index (χ3n) is 2.42. The molecule has 1 unspecified atom stereocenters. The number of hydrogen-bond donors (Lipinski definition) is 1. The van der Waals surface area contributed by atoms with Gasteiger partial charge in [-0.05, 0) is 20.8 Å². The summed E-state index contributed by atoms with van der Waals surface area (Å²) in [7, 11) is 0. The minimum absolute atomic E-state index is 0.174. The summed E-state index contributed by atoms with van der Waals surface area (Å²) in [6.45, 7) is 7.41. The van der Waals surface area contributed by atoms with E-state index in [4.69, 9.17) is 5.11 Å². The number of aliphatic carboxylic acids is 1. The van der Waals surface area contributed by atoms with E-state index in [9.17, 15) is 9.59 Å². The molecule has 1 N–H and O–H groups in total. The SMILES string of the molecule is CC(CSc1nccn(C(C)(C)C)c1=O)C(=O)O. The van der Waals surface area contributed by atoms with Gasteiger partial charge in [0.25, 0.3) is 5.56 Å². The molecule has 18 heavy (non-hydrogen) atoms. The average Bonchev–Trinajstić information content (AvgIpc) is 2.25. The smallest absolute Gasteiger partial charge is 0.307 e. The number of rotatable bonds is 4. The maximum atomic E-state index is 12.1. The topological polar surface area (TPSA) is 72.2 Å². The van der Waals surface area contributed by atoms with Crippen molar-refractivity contribution in [3.63, 3.8) is 0 Å². The Bertz CT molecular complexity index is 491. The number of thioether (sulfide) groups is 1. The normalized spacial score (nSPS) is 13.3. The molecule has 0 bridgehead atoms. The summed E-state index contributed by atoms with van der Waals surface area (Å²) in [6.07, 6.45) is 3.22. The first-order valence-corrected chi connectivity index (χ1v) is 6.66. The van der Waals surface area contributed by atoms with E-state index in [2.05, 4.69) is 4.98 Å². The lowest BCUT2D eigenvalue weighted by Crippen LogP contribution is -2.34. The van der Waals surface area contributed by atoms with Crippen molar-refractivity contribution in [3.8, 4) is 0 Å². The summed E-state index contributed by atoms with van der Waals surface area (Å²) >= 11 is 1.19. The van der Waals surface area contributed by atoms with Crippen LogP contribution >= 0.6 is 11.8 Å². The van der Waals surface area contributed by atoms with Crippen molar-refractivity contribution in [1.82, 2.24) is 9.55 Å². The van der Waals surface area contributed by atoms with Gasteiger partial charge in [0.15, 0.2) is 5.03 Å². The first-order chi connectivity index (χ1) is 8.23. The second kappa shape index (κ2) is 5.56. The molecule has 0 spiro atoms. The highest BCUT2D eigenvalue weighted by Crippen LogP contribution is 2.17. The van der Waals surface area contributed by atoms with Crippen LogP contribution in [0.1, 0.15) is 27.7 Å². The fourth-order valence-corrected chi connectivity index (χ4v) is 2.20. The fraction of sp³-hybridized carbons (Fsp3) is 0.583. The molecular weight excluding hydrogens is 252 g/mol. The first-order valence-electron chi connectivity index (χ1n) is 5.67. The molecule has 0 aliphatic carbocycles. The Morgan fingerprint density at radius 1 is 1.56 bits per heavy atom. The molecule has 0 fully saturated rings. The predicted octanol–water partition coefficient (Wildman–Crippen LogP) is 1.81. The molecule has 0 aliphatic heterocycles. The summed E-state index contributed by atoms with van der Waals surface area (Å²) < 4.78 is 1.60. The largest absolute Gasteiger partial charge is 0.481 e. The van der Waals surface area contributed by atoms with Crippen molar-refractivity contribution in [2.24, 2.45) is 5.92 Å². The van der Waals surface area contributed by atoms with Gasteiger partial charge in [0.1, 0.15) is 0 Å². The van der Waals surface area contributed by atoms with Crippen LogP contribution in [0.25, 0.3) is 0 Å². The highest BCUT2D eigenvalue weighted by Gasteiger charge is 2.18. The predicted molar refractivity (Wildman–Crippen MR) is 71.0 cm³/mol. The number of carboxylic acids is 1. The number of hydrogen-bond acceptors (Lipinski definition) is 4. The number of aromatic nitrogens is 2. The van der Waals surface area contributed by atoms with E-state index in [0.29, 0.717) is 10.8 Å². The second-order valence-corrected chi connectivity index (χ2v) is 6.14. The summed E-state index contributed by atoms with van der Waals surface area (Å²) in [5.41, 5.74) is -0.485. The van der Waals surface area contributed by atoms with Crippen LogP contribution in [0.3, 0.4) is 0 Å². The van der Waals surface area contributed by atoms with Crippen molar-refractivity contribution in [3.05, 3.63) is 22.7 Å². The highest BCUT2D eigenvalue weighted by molar-refractivity contribution is 7.99. The van der Waals surface area contributed by atoms with Crippen molar-refractivity contribution in [2.45, 2.75) is 38.3 Å². The third kappa shape index (κ3) is 3.60. The Kier molecular flexibility index (Phi) is 4.56. The number of nitrogens with zero attached hydrogens (tertiary/aromatic N) is 2. The number of carboxylic acid groups (broad SMARTS) is 1. The fourth-order valence-electron chi connectivity index (χ4n) is 1.30. The Hall–Kier alpha value is -1.30. The number of carbonyl (C=O) groups is 1.